The molecule has 1 unspecified atom stereocenters. The number of aliphatic hydroxyl groups is 1. The molecule has 1 aliphatic heterocycles. The molecule has 1 fully saturated rings. The van der Waals surface area contributed by atoms with Crippen LogP contribution in [0, 0.1) is 5.82 Å². The van der Waals surface area contributed by atoms with Gasteiger partial charge in [-0.2, -0.15) is 0 Å². The van der Waals surface area contributed by atoms with Gasteiger partial charge in [0, 0.05) is 38.2 Å². The molecule has 1 aliphatic rings. The summed E-state index contributed by atoms with van der Waals surface area (Å²) in [5.74, 6) is -0.372. The largest absolute Gasteiger partial charge is 0.387 e. The number of aliphatic hydroxyl groups excluding tert-OH is 1. The average Bonchev–Trinajstić information content (AvgIpc) is 2.41. The van der Waals surface area contributed by atoms with Crippen LogP contribution in [0.3, 0.4) is 0 Å². The van der Waals surface area contributed by atoms with Crippen LogP contribution in [-0.2, 0) is 4.79 Å². The first-order chi connectivity index (χ1) is 9.56. The molecule has 1 aromatic rings. The van der Waals surface area contributed by atoms with Crippen molar-refractivity contribution in [3.8, 4) is 0 Å². The number of nitrogens with one attached hydrogen (secondary N) is 1. The Hall–Kier alpha value is -1.46. The molecule has 0 spiro atoms. The highest BCUT2D eigenvalue weighted by Gasteiger charge is 2.22. The molecule has 1 saturated heterocycles. The number of amides is 1. The van der Waals surface area contributed by atoms with Gasteiger partial charge in [0.1, 0.15) is 5.82 Å². The summed E-state index contributed by atoms with van der Waals surface area (Å²) in [6, 6.07) is 6.54. The molecular formula is C15H21FN2O2. The SMILES string of the molecule is CC(=O)NC1CCN(CC(O)c2ccccc2F)CC1. The molecule has 0 aromatic heterocycles. The van der Waals surface area contributed by atoms with Crippen molar-refractivity contribution in [3.63, 3.8) is 0 Å². The zero-order chi connectivity index (χ0) is 14.5. The van der Waals surface area contributed by atoms with Gasteiger partial charge in [0.05, 0.1) is 6.10 Å². The molecule has 110 valence electrons. The zero-order valence-corrected chi connectivity index (χ0v) is 11.7. The maximum Gasteiger partial charge on any atom is 0.217 e. The van der Waals surface area contributed by atoms with Crippen LogP contribution in [0.1, 0.15) is 31.4 Å². The summed E-state index contributed by atoms with van der Waals surface area (Å²) in [5.41, 5.74) is 0.344. The standard InChI is InChI=1S/C15H21FN2O2/c1-11(19)17-12-6-8-18(9-7-12)10-15(20)13-4-2-3-5-14(13)16/h2-5,12,15,20H,6-10H2,1H3,(H,17,19). The number of hydrogen-bond acceptors (Lipinski definition) is 3. The second-order valence-electron chi connectivity index (χ2n) is 5.31. The van der Waals surface area contributed by atoms with E-state index in [9.17, 15) is 14.3 Å². The van der Waals surface area contributed by atoms with Crippen LogP contribution < -0.4 is 5.32 Å². The molecule has 1 atom stereocenters. The zero-order valence-electron chi connectivity index (χ0n) is 11.7. The van der Waals surface area contributed by atoms with E-state index in [1.54, 1.807) is 18.2 Å². The van der Waals surface area contributed by atoms with E-state index in [0.717, 1.165) is 25.9 Å². The highest BCUT2D eigenvalue weighted by atomic mass is 19.1. The predicted octanol–water partition coefficient (Wildman–Crippen LogP) is 1.46. The Balaban J connectivity index is 1.83. The highest BCUT2D eigenvalue weighted by Crippen LogP contribution is 2.20. The van der Waals surface area contributed by atoms with E-state index >= 15 is 0 Å². The Labute approximate surface area is 118 Å². The van der Waals surface area contributed by atoms with Gasteiger partial charge in [0.25, 0.3) is 0 Å². The van der Waals surface area contributed by atoms with Crippen molar-refractivity contribution in [3.05, 3.63) is 35.6 Å². The fourth-order valence-electron chi connectivity index (χ4n) is 2.64. The molecule has 1 aromatic carbocycles. The van der Waals surface area contributed by atoms with Gasteiger partial charge in [-0.3, -0.25) is 4.79 Å². The number of hydrogen-bond donors (Lipinski definition) is 2. The summed E-state index contributed by atoms with van der Waals surface area (Å²) in [5, 5.41) is 13.0. The van der Waals surface area contributed by atoms with Crippen molar-refractivity contribution in [1.82, 2.24) is 10.2 Å². The molecule has 2 rings (SSSR count). The molecule has 0 radical (unpaired) electrons. The molecule has 0 saturated carbocycles. The third kappa shape index (κ3) is 4.02. The minimum Gasteiger partial charge on any atom is -0.387 e. The molecule has 20 heavy (non-hydrogen) atoms. The number of likely N-dealkylation sites (tertiary alicyclic amines) is 1. The number of β-amino-alcohol motifs (C(OH)–C–C–N with tert-alkyl or cyclic N) is 1. The lowest BCUT2D eigenvalue weighted by Gasteiger charge is -2.33. The third-order valence-corrected chi connectivity index (χ3v) is 3.69. The van der Waals surface area contributed by atoms with Gasteiger partial charge in [-0.1, -0.05) is 18.2 Å². The van der Waals surface area contributed by atoms with Crippen LogP contribution in [0.25, 0.3) is 0 Å². The van der Waals surface area contributed by atoms with E-state index in [1.165, 1.54) is 13.0 Å². The van der Waals surface area contributed by atoms with Gasteiger partial charge >= 0.3 is 0 Å². The number of nitrogens with zero attached hydrogens (tertiary/aromatic N) is 1. The Morgan fingerprint density at radius 1 is 1.45 bits per heavy atom. The summed E-state index contributed by atoms with van der Waals surface area (Å²) in [4.78, 5) is 13.1. The molecule has 4 nitrogen and oxygen atoms in total. The summed E-state index contributed by atoms with van der Waals surface area (Å²) >= 11 is 0. The lowest BCUT2D eigenvalue weighted by atomic mass is 10.0. The van der Waals surface area contributed by atoms with Crippen molar-refractivity contribution in [1.29, 1.82) is 0 Å². The molecule has 0 bridgehead atoms. The number of rotatable bonds is 4. The topological polar surface area (TPSA) is 52.6 Å². The fourth-order valence-corrected chi connectivity index (χ4v) is 2.64. The second-order valence-corrected chi connectivity index (χ2v) is 5.31. The molecule has 1 heterocycles. The number of piperidine rings is 1. The summed E-state index contributed by atoms with van der Waals surface area (Å²) in [7, 11) is 0. The van der Waals surface area contributed by atoms with E-state index in [0.29, 0.717) is 12.1 Å². The predicted molar refractivity (Wildman–Crippen MR) is 74.6 cm³/mol. The van der Waals surface area contributed by atoms with Crippen LogP contribution in [0.4, 0.5) is 4.39 Å². The minimum absolute atomic E-state index is 0.00478. The lowest BCUT2D eigenvalue weighted by Crippen LogP contribution is -2.45. The molecule has 5 heteroatoms. The van der Waals surface area contributed by atoms with Crippen LogP contribution in [-0.4, -0.2) is 41.6 Å². The van der Waals surface area contributed by atoms with Gasteiger partial charge in [0.2, 0.25) is 5.91 Å². The Kier molecular flexibility index (Phi) is 5.09. The number of carbonyl (C=O) groups is 1. The monoisotopic (exact) mass is 280 g/mol. The molecule has 1 amide bonds. The maximum absolute atomic E-state index is 13.6. The van der Waals surface area contributed by atoms with E-state index < -0.39 is 6.10 Å². The summed E-state index contributed by atoms with van der Waals surface area (Å²) < 4.78 is 13.6. The van der Waals surface area contributed by atoms with Gasteiger partial charge in [-0.15, -0.1) is 0 Å². The minimum atomic E-state index is -0.812. The number of halogens is 1. The van der Waals surface area contributed by atoms with Crippen LogP contribution in [0.15, 0.2) is 24.3 Å². The van der Waals surface area contributed by atoms with Crippen molar-refractivity contribution in [2.24, 2.45) is 0 Å². The van der Waals surface area contributed by atoms with Crippen molar-refractivity contribution in [2.75, 3.05) is 19.6 Å². The molecule has 2 N–H and O–H groups in total. The normalized spacial score (nSPS) is 18.8. The first-order valence-electron chi connectivity index (χ1n) is 6.98. The highest BCUT2D eigenvalue weighted by molar-refractivity contribution is 5.73. The smallest absolute Gasteiger partial charge is 0.217 e. The van der Waals surface area contributed by atoms with E-state index in [2.05, 4.69) is 10.2 Å². The first-order valence-corrected chi connectivity index (χ1v) is 6.98. The van der Waals surface area contributed by atoms with Crippen LogP contribution in [0.2, 0.25) is 0 Å². The number of benzene rings is 1. The summed E-state index contributed by atoms with van der Waals surface area (Å²) in [6.07, 6.45) is 0.918. The van der Waals surface area contributed by atoms with E-state index in [1.807, 2.05) is 0 Å². The molecule has 0 aliphatic carbocycles. The van der Waals surface area contributed by atoms with Gasteiger partial charge < -0.3 is 15.3 Å². The second kappa shape index (κ2) is 6.81. The van der Waals surface area contributed by atoms with Gasteiger partial charge in [0.15, 0.2) is 0 Å². The quantitative estimate of drug-likeness (QED) is 0.878. The van der Waals surface area contributed by atoms with Gasteiger partial charge in [-0.25, -0.2) is 4.39 Å². The van der Waals surface area contributed by atoms with Crippen molar-refractivity contribution >= 4 is 5.91 Å². The average molecular weight is 280 g/mol. The third-order valence-electron chi connectivity index (χ3n) is 3.69. The first kappa shape index (κ1) is 14.9. The van der Waals surface area contributed by atoms with E-state index in [4.69, 9.17) is 0 Å². The fraction of sp³-hybridized carbons (Fsp3) is 0.533. The van der Waals surface area contributed by atoms with Crippen LogP contribution >= 0.6 is 0 Å². The molecular weight excluding hydrogens is 259 g/mol. The van der Waals surface area contributed by atoms with Crippen LogP contribution in [0.5, 0.6) is 0 Å². The Morgan fingerprint density at radius 2 is 2.10 bits per heavy atom. The Morgan fingerprint density at radius 3 is 2.70 bits per heavy atom. The summed E-state index contributed by atoms with van der Waals surface area (Å²) in [6.45, 7) is 3.55. The Bertz CT molecular complexity index is 459. The number of carbonyl (C=O) groups excluding carboxylic acids is 1. The van der Waals surface area contributed by atoms with Crippen molar-refractivity contribution in [2.45, 2.75) is 31.9 Å². The van der Waals surface area contributed by atoms with Crippen molar-refractivity contribution < 1.29 is 14.3 Å². The lowest BCUT2D eigenvalue weighted by molar-refractivity contribution is -0.120. The van der Waals surface area contributed by atoms with E-state index in [-0.39, 0.29) is 17.8 Å². The maximum atomic E-state index is 13.6. The van der Waals surface area contributed by atoms with Gasteiger partial charge in [-0.05, 0) is 18.9 Å².